The average Bonchev–Trinajstić information content (AvgIpc) is 2.77. The fraction of sp³-hybridized carbons (Fsp3) is 0.333. The molecule has 0 unspecified atom stereocenters. The van der Waals surface area contributed by atoms with Crippen LogP contribution in [0.15, 0.2) is 53.4 Å². The maximum atomic E-state index is 12.8. The van der Waals surface area contributed by atoms with Crippen molar-refractivity contribution < 1.29 is 27.7 Å². The van der Waals surface area contributed by atoms with Crippen LogP contribution in [0.2, 0.25) is 0 Å². The van der Waals surface area contributed by atoms with Gasteiger partial charge >= 0.3 is 5.97 Å². The van der Waals surface area contributed by atoms with Crippen LogP contribution < -0.4 is 0 Å². The number of ketones is 1. The van der Waals surface area contributed by atoms with Gasteiger partial charge in [0.05, 0.1) is 15.4 Å². The van der Waals surface area contributed by atoms with E-state index in [1.54, 1.807) is 0 Å². The van der Waals surface area contributed by atoms with Crippen LogP contribution in [0, 0.1) is 10.1 Å². The van der Waals surface area contributed by atoms with Crippen molar-refractivity contribution in [2.75, 3.05) is 19.7 Å². The first-order valence-corrected chi connectivity index (χ1v) is 11.2. The highest BCUT2D eigenvalue weighted by Gasteiger charge is 2.23. The Morgan fingerprint density at radius 3 is 1.94 bits per heavy atom. The van der Waals surface area contributed by atoms with Gasteiger partial charge in [0.25, 0.3) is 5.69 Å². The lowest BCUT2D eigenvalue weighted by Gasteiger charge is -2.21. The van der Waals surface area contributed by atoms with Crippen LogP contribution >= 0.6 is 0 Å². The largest absolute Gasteiger partial charge is 0.454 e. The van der Waals surface area contributed by atoms with Crippen molar-refractivity contribution in [3.8, 4) is 0 Å². The molecular weight excluding hydrogens is 424 g/mol. The summed E-state index contributed by atoms with van der Waals surface area (Å²) in [6.45, 7) is 4.07. The van der Waals surface area contributed by atoms with Crippen molar-refractivity contribution in [2.45, 2.75) is 31.6 Å². The van der Waals surface area contributed by atoms with Crippen molar-refractivity contribution in [3.05, 3.63) is 69.8 Å². The topological polar surface area (TPSA) is 124 Å². The molecule has 0 saturated heterocycles. The summed E-state index contributed by atoms with van der Waals surface area (Å²) in [7, 11) is -3.66. The van der Waals surface area contributed by atoms with Crippen molar-refractivity contribution in [3.63, 3.8) is 0 Å². The molecule has 0 aliphatic rings. The van der Waals surface area contributed by atoms with Crippen LogP contribution in [0.25, 0.3) is 0 Å². The minimum atomic E-state index is -3.66. The zero-order chi connectivity index (χ0) is 23.0. The standard InChI is InChI=1S/C21H24N2O7S/c1-3-13-22(14-4-2)31(28,29)19-11-7-17(8-12-19)21(25)30-15-20(24)16-5-9-18(10-6-16)23(26)27/h5-12H,3-4,13-15H2,1-2H3. The molecule has 0 fully saturated rings. The minimum absolute atomic E-state index is 0.0768. The Morgan fingerprint density at radius 2 is 1.45 bits per heavy atom. The Morgan fingerprint density at radius 1 is 0.935 bits per heavy atom. The van der Waals surface area contributed by atoms with Crippen LogP contribution in [0.4, 0.5) is 5.69 Å². The number of sulfonamides is 1. The normalized spacial score (nSPS) is 11.3. The summed E-state index contributed by atoms with van der Waals surface area (Å²) in [5.41, 5.74) is 0.125. The zero-order valence-corrected chi connectivity index (χ0v) is 18.1. The molecule has 0 amide bonds. The Kier molecular flexibility index (Phi) is 8.40. The summed E-state index contributed by atoms with van der Waals surface area (Å²) in [5.74, 6) is -1.30. The van der Waals surface area contributed by atoms with E-state index in [0.717, 1.165) is 0 Å². The summed E-state index contributed by atoms with van der Waals surface area (Å²) in [5, 5.41) is 10.7. The van der Waals surface area contributed by atoms with Crippen molar-refractivity contribution in [2.24, 2.45) is 0 Å². The van der Waals surface area contributed by atoms with E-state index < -0.39 is 33.3 Å². The van der Waals surface area contributed by atoms with Gasteiger partial charge in [-0.25, -0.2) is 13.2 Å². The number of nitro groups is 1. The highest BCUT2D eigenvalue weighted by molar-refractivity contribution is 7.89. The van der Waals surface area contributed by atoms with Crippen molar-refractivity contribution >= 4 is 27.5 Å². The molecule has 0 saturated carbocycles. The number of carbonyl (C=O) groups excluding carboxylic acids is 2. The van der Waals surface area contributed by atoms with Crippen LogP contribution in [0.5, 0.6) is 0 Å². The van der Waals surface area contributed by atoms with Gasteiger partial charge in [-0.05, 0) is 49.2 Å². The van der Waals surface area contributed by atoms with E-state index in [-0.39, 0.29) is 21.7 Å². The van der Waals surface area contributed by atoms with Gasteiger partial charge in [-0.15, -0.1) is 0 Å². The number of Topliss-reactive ketones (excluding diaryl/α,β-unsaturated/α-hetero) is 1. The SMILES string of the molecule is CCCN(CCC)S(=O)(=O)c1ccc(C(=O)OCC(=O)c2ccc([N+](=O)[O-])cc2)cc1. The third-order valence-electron chi connectivity index (χ3n) is 4.41. The van der Waals surface area contributed by atoms with E-state index >= 15 is 0 Å². The molecule has 2 aromatic carbocycles. The molecule has 0 N–H and O–H groups in total. The molecular formula is C21H24N2O7S. The first-order valence-electron chi connectivity index (χ1n) is 9.75. The Balaban J connectivity index is 2.03. The number of nitro benzene ring substituents is 1. The number of nitrogens with zero attached hydrogens (tertiary/aromatic N) is 2. The molecule has 10 heteroatoms. The van der Waals surface area contributed by atoms with Gasteiger partial charge in [0.2, 0.25) is 10.0 Å². The zero-order valence-electron chi connectivity index (χ0n) is 17.3. The van der Waals surface area contributed by atoms with E-state index in [4.69, 9.17) is 4.74 Å². The van der Waals surface area contributed by atoms with Crippen molar-refractivity contribution in [1.82, 2.24) is 4.31 Å². The number of hydrogen-bond donors (Lipinski definition) is 0. The minimum Gasteiger partial charge on any atom is -0.454 e. The third kappa shape index (κ3) is 6.19. The quantitative estimate of drug-likeness (QED) is 0.223. The molecule has 0 radical (unpaired) electrons. The third-order valence-corrected chi connectivity index (χ3v) is 6.32. The maximum Gasteiger partial charge on any atom is 0.338 e. The van der Waals surface area contributed by atoms with Gasteiger partial charge in [0, 0.05) is 30.8 Å². The Bertz CT molecular complexity index is 1030. The molecule has 2 rings (SSSR count). The fourth-order valence-corrected chi connectivity index (χ4v) is 4.45. The molecule has 9 nitrogen and oxygen atoms in total. The van der Waals surface area contributed by atoms with Crippen LogP contribution in [-0.2, 0) is 14.8 Å². The molecule has 0 bridgehead atoms. The number of carbonyl (C=O) groups is 2. The number of rotatable bonds is 11. The lowest BCUT2D eigenvalue weighted by molar-refractivity contribution is -0.384. The first kappa shape index (κ1) is 24.2. The molecule has 0 atom stereocenters. The Hall–Kier alpha value is -3.11. The second-order valence-corrected chi connectivity index (χ2v) is 8.67. The highest BCUT2D eigenvalue weighted by Crippen LogP contribution is 2.18. The summed E-state index contributed by atoms with van der Waals surface area (Å²) in [4.78, 5) is 34.5. The fourth-order valence-electron chi connectivity index (χ4n) is 2.83. The lowest BCUT2D eigenvalue weighted by Crippen LogP contribution is -2.32. The number of non-ortho nitro benzene ring substituents is 1. The molecule has 0 aliphatic heterocycles. The smallest absolute Gasteiger partial charge is 0.338 e. The summed E-state index contributed by atoms with van der Waals surface area (Å²) in [6, 6.07) is 10.3. The first-order chi connectivity index (χ1) is 14.7. The predicted octanol–water partition coefficient (Wildman–Crippen LogP) is 3.45. The van der Waals surface area contributed by atoms with Gasteiger partial charge in [-0.1, -0.05) is 13.8 Å². The van der Waals surface area contributed by atoms with Crippen LogP contribution in [0.3, 0.4) is 0 Å². The van der Waals surface area contributed by atoms with Gasteiger partial charge in [-0.2, -0.15) is 4.31 Å². The van der Waals surface area contributed by atoms with Crippen molar-refractivity contribution in [1.29, 1.82) is 0 Å². The summed E-state index contributed by atoms with van der Waals surface area (Å²) in [6.07, 6.45) is 1.37. The van der Waals surface area contributed by atoms with E-state index in [1.165, 1.54) is 52.8 Å². The molecule has 0 aromatic heterocycles. The van der Waals surface area contributed by atoms with Crippen LogP contribution in [-0.4, -0.2) is 49.1 Å². The highest BCUT2D eigenvalue weighted by atomic mass is 32.2. The predicted molar refractivity (Wildman–Crippen MR) is 113 cm³/mol. The lowest BCUT2D eigenvalue weighted by atomic mass is 10.1. The number of ether oxygens (including phenoxy) is 1. The molecule has 0 aliphatic carbocycles. The molecule has 0 spiro atoms. The van der Waals surface area contributed by atoms with E-state index in [1.807, 2.05) is 13.8 Å². The second-order valence-electron chi connectivity index (χ2n) is 6.73. The number of benzene rings is 2. The van der Waals surface area contributed by atoms with Gasteiger partial charge < -0.3 is 4.74 Å². The number of esters is 1. The molecule has 2 aromatic rings. The van der Waals surface area contributed by atoms with Crippen LogP contribution in [0.1, 0.15) is 47.4 Å². The average molecular weight is 448 g/mol. The van der Waals surface area contributed by atoms with E-state index in [0.29, 0.717) is 25.9 Å². The number of hydrogen-bond acceptors (Lipinski definition) is 7. The maximum absolute atomic E-state index is 12.8. The van der Waals surface area contributed by atoms with Gasteiger partial charge in [-0.3, -0.25) is 14.9 Å². The van der Waals surface area contributed by atoms with E-state index in [2.05, 4.69) is 0 Å². The summed E-state index contributed by atoms with van der Waals surface area (Å²) >= 11 is 0. The van der Waals surface area contributed by atoms with E-state index in [9.17, 15) is 28.1 Å². The monoisotopic (exact) mass is 448 g/mol. The molecule has 31 heavy (non-hydrogen) atoms. The van der Waals surface area contributed by atoms with Gasteiger partial charge in [0.15, 0.2) is 12.4 Å². The molecule has 0 heterocycles. The molecule has 166 valence electrons. The summed E-state index contributed by atoms with van der Waals surface area (Å²) < 4.78 is 31.9. The second kappa shape index (κ2) is 10.8. The Labute approximate surface area is 180 Å². The van der Waals surface area contributed by atoms with Gasteiger partial charge in [0.1, 0.15) is 0 Å².